The van der Waals surface area contributed by atoms with E-state index in [0.717, 1.165) is 21.9 Å². The summed E-state index contributed by atoms with van der Waals surface area (Å²) in [6, 6.07) is 4.45. The van der Waals surface area contributed by atoms with Gasteiger partial charge in [-0.2, -0.15) is 0 Å². The Morgan fingerprint density at radius 1 is 1.32 bits per heavy atom. The number of anilines is 1. The number of carboxylic acid groups (broad SMARTS) is 2. The predicted octanol–water partition coefficient (Wildman–Crippen LogP) is -4.40. The summed E-state index contributed by atoms with van der Waals surface area (Å²) in [5, 5.41) is 38.9. The van der Waals surface area contributed by atoms with Crippen molar-refractivity contribution < 1.29 is 68.7 Å². The second kappa shape index (κ2) is 11.8. The van der Waals surface area contributed by atoms with Crippen LogP contribution >= 0.6 is 23.1 Å². The summed E-state index contributed by atoms with van der Waals surface area (Å²) in [6.45, 7) is 2.61. The molecule has 0 saturated carbocycles. The molecule has 2 aliphatic rings. The standard InChI is InChI=1S/C24H23N7O7S2.Na/c1-24(2,22(36)37)38-28-15(13-11-40-23(25)26-13)18(32)27-16-19(33)31-17(21(34)35)12(10-39-20(16)31)9-30-8-7-29-6-4-3-5-14(29)30;/h3-8,11,16,20H,9-10H2,1-2H3,(H4-,25,26,27,32,34,35,36,37);/q;+1/p-1/b28-15+;/t16-,20-;/m1./s1. The number of β-lactam (4-membered cyclic amide) rings is 1. The fourth-order valence-corrected chi connectivity index (χ4v) is 6.00. The van der Waals surface area contributed by atoms with Crippen LogP contribution < -0.4 is 50.1 Å². The maximum absolute atomic E-state index is 13.1. The molecule has 3 aromatic rings. The van der Waals surface area contributed by atoms with Crippen molar-refractivity contribution >= 4 is 63.3 Å². The summed E-state index contributed by atoms with van der Waals surface area (Å²) in [6.07, 6.45) is 5.54. The number of aromatic nitrogens is 3. The van der Waals surface area contributed by atoms with E-state index in [4.69, 9.17) is 10.6 Å². The maximum Gasteiger partial charge on any atom is 1.00 e. The SMILES string of the molecule is CC(C)(O/N=C(/C([O-])=N[C@@H]1C(=O)N2C(C(=O)O)=C(C[n+]3ccn4ccccc43)CS[C@H]12)c1csc(N)n1)C(=O)[O-].[Na+]. The minimum atomic E-state index is -1.88. The summed E-state index contributed by atoms with van der Waals surface area (Å²) < 4.78 is 3.77. The van der Waals surface area contributed by atoms with Crippen molar-refractivity contribution in [2.45, 2.75) is 37.4 Å². The Bertz CT molecular complexity index is 1630. The van der Waals surface area contributed by atoms with E-state index in [0.29, 0.717) is 11.3 Å². The number of rotatable bonds is 9. The molecule has 2 aliphatic heterocycles. The van der Waals surface area contributed by atoms with E-state index in [1.54, 1.807) is 0 Å². The van der Waals surface area contributed by atoms with E-state index >= 15 is 0 Å². The number of nitrogen functional groups attached to an aromatic ring is 1. The number of carboxylic acids is 2. The minimum Gasteiger partial charge on any atom is -0.857 e. The van der Waals surface area contributed by atoms with Gasteiger partial charge >= 0.3 is 35.5 Å². The van der Waals surface area contributed by atoms with Crippen molar-refractivity contribution in [2.75, 3.05) is 11.5 Å². The third-order valence-corrected chi connectivity index (χ3v) is 8.23. The van der Waals surface area contributed by atoms with Crippen LogP contribution in [0.2, 0.25) is 0 Å². The first kappa shape index (κ1) is 30.5. The van der Waals surface area contributed by atoms with Crippen molar-refractivity contribution in [1.82, 2.24) is 14.3 Å². The molecule has 0 aromatic carbocycles. The van der Waals surface area contributed by atoms with Crippen LogP contribution in [0.5, 0.6) is 0 Å². The average Bonchev–Trinajstić information content (AvgIpc) is 3.53. The summed E-state index contributed by atoms with van der Waals surface area (Å²) in [5.41, 5.74) is 4.55. The second-order valence-corrected chi connectivity index (χ2v) is 11.3. The molecule has 1 amide bonds. The average molecular weight is 608 g/mol. The summed E-state index contributed by atoms with van der Waals surface area (Å²) in [4.78, 5) is 50.9. The Balaban J connectivity index is 0.00000387. The van der Waals surface area contributed by atoms with Gasteiger partial charge in [-0.1, -0.05) is 11.2 Å². The Morgan fingerprint density at radius 3 is 2.73 bits per heavy atom. The molecule has 0 radical (unpaired) electrons. The Kier molecular flexibility index (Phi) is 8.79. The Morgan fingerprint density at radius 2 is 2.07 bits per heavy atom. The van der Waals surface area contributed by atoms with Gasteiger partial charge < -0.3 is 30.7 Å². The fourth-order valence-electron chi connectivity index (χ4n) is 4.13. The molecule has 1 saturated heterocycles. The first-order valence-corrected chi connectivity index (χ1v) is 13.7. The molecule has 1 fully saturated rings. The maximum atomic E-state index is 13.1. The Hall–Kier alpha value is -3.44. The molecule has 5 rings (SSSR count). The number of pyridine rings is 1. The van der Waals surface area contributed by atoms with E-state index in [-0.39, 0.29) is 52.6 Å². The van der Waals surface area contributed by atoms with E-state index in [9.17, 15) is 29.7 Å². The van der Waals surface area contributed by atoms with Crippen LogP contribution in [0, 0.1) is 0 Å². The van der Waals surface area contributed by atoms with Gasteiger partial charge in [0.2, 0.25) is 0 Å². The van der Waals surface area contributed by atoms with Crippen LogP contribution in [0.15, 0.2) is 63.6 Å². The van der Waals surface area contributed by atoms with Gasteiger partial charge in [0.05, 0.1) is 12.2 Å². The second-order valence-electron chi connectivity index (χ2n) is 9.34. The Labute approximate surface area is 263 Å². The third-order valence-electron chi connectivity index (χ3n) is 6.23. The molecule has 3 N–H and O–H groups in total. The monoisotopic (exact) mass is 607 g/mol. The van der Waals surface area contributed by atoms with E-state index < -0.39 is 46.5 Å². The summed E-state index contributed by atoms with van der Waals surface area (Å²) in [7, 11) is 0. The van der Waals surface area contributed by atoms with Crippen molar-refractivity contribution in [3.8, 4) is 0 Å². The number of nitrogens with two attached hydrogens (primary N) is 1. The molecule has 5 heterocycles. The number of hydrogen-bond donors (Lipinski definition) is 2. The molecule has 0 aliphatic carbocycles. The number of carbonyl (C=O) groups is 3. The molecule has 3 aromatic heterocycles. The van der Waals surface area contributed by atoms with Gasteiger partial charge in [-0.15, -0.1) is 23.1 Å². The number of hydrogen-bond acceptors (Lipinski definition) is 12. The predicted molar refractivity (Wildman–Crippen MR) is 140 cm³/mol. The first-order valence-electron chi connectivity index (χ1n) is 11.8. The molecule has 14 nitrogen and oxygen atoms in total. The van der Waals surface area contributed by atoms with Gasteiger partial charge in [0, 0.05) is 28.7 Å². The molecule has 17 heteroatoms. The molecule has 0 spiro atoms. The summed E-state index contributed by atoms with van der Waals surface area (Å²) >= 11 is 2.29. The molecular formula is C24H22N7NaO7S2. The van der Waals surface area contributed by atoms with Crippen LogP contribution in [-0.2, 0) is 25.8 Å². The number of aliphatic carboxylic acids is 2. The minimum absolute atomic E-state index is 0. The zero-order chi connectivity index (χ0) is 28.8. The topological polar surface area (TPSA) is 202 Å². The number of fused-ring (bicyclic) bond motifs is 2. The van der Waals surface area contributed by atoms with Crippen LogP contribution in [0.4, 0.5) is 5.13 Å². The fraction of sp³-hybridized carbons (Fsp3) is 0.292. The number of aliphatic imine (C=N–C) groups is 1. The van der Waals surface area contributed by atoms with Crippen LogP contribution in [0.3, 0.4) is 0 Å². The van der Waals surface area contributed by atoms with Crippen LogP contribution in [-0.4, -0.2) is 71.6 Å². The third kappa shape index (κ3) is 5.83. The van der Waals surface area contributed by atoms with Crippen LogP contribution in [0.25, 0.3) is 5.65 Å². The van der Waals surface area contributed by atoms with E-state index in [2.05, 4.69) is 15.1 Å². The quantitative estimate of drug-likeness (QED) is 0.0597. The van der Waals surface area contributed by atoms with Gasteiger partial charge in [-0.3, -0.25) is 14.7 Å². The number of amides is 1. The van der Waals surface area contributed by atoms with Crippen molar-refractivity contribution in [1.29, 1.82) is 0 Å². The normalized spacial score (nSPS) is 19.5. The largest absolute Gasteiger partial charge is 1.00 e. The zero-order valence-corrected chi connectivity index (χ0v) is 25.7. The summed E-state index contributed by atoms with van der Waals surface area (Å²) in [5.74, 6) is -4.21. The van der Waals surface area contributed by atoms with Gasteiger partial charge in [-0.05, 0) is 19.9 Å². The number of nitrogens with zero attached hydrogens (tertiary/aromatic N) is 6. The van der Waals surface area contributed by atoms with E-state index in [1.165, 1.54) is 31.0 Å². The molecule has 0 unspecified atom stereocenters. The zero-order valence-electron chi connectivity index (χ0n) is 22.1. The number of carbonyl (C=O) groups excluding carboxylic acids is 2. The van der Waals surface area contributed by atoms with Gasteiger partial charge in [0.25, 0.3) is 11.6 Å². The smallest absolute Gasteiger partial charge is 0.857 e. The first-order chi connectivity index (χ1) is 19.0. The molecule has 208 valence electrons. The van der Waals surface area contributed by atoms with Gasteiger partial charge in [0.15, 0.2) is 16.8 Å². The number of thioether (sulfide) groups is 1. The van der Waals surface area contributed by atoms with Gasteiger partial charge in [-0.25, -0.2) is 18.7 Å². The number of oxime groups is 1. The van der Waals surface area contributed by atoms with Crippen LogP contribution in [0.1, 0.15) is 19.5 Å². The number of imidazole rings is 1. The van der Waals surface area contributed by atoms with Crippen molar-refractivity contribution in [2.24, 2.45) is 10.1 Å². The molecule has 2 atom stereocenters. The van der Waals surface area contributed by atoms with Crippen molar-refractivity contribution in [3.63, 3.8) is 0 Å². The molecular weight excluding hydrogens is 585 g/mol. The molecule has 0 bridgehead atoms. The number of thiazole rings is 1. The molecule has 41 heavy (non-hydrogen) atoms. The van der Waals surface area contributed by atoms with E-state index in [1.807, 2.05) is 45.8 Å². The van der Waals surface area contributed by atoms with Gasteiger partial charge in [0.1, 0.15) is 41.4 Å². The van der Waals surface area contributed by atoms with Crippen molar-refractivity contribution in [3.05, 3.63) is 59.1 Å².